The van der Waals surface area contributed by atoms with Crippen molar-refractivity contribution in [2.24, 2.45) is 5.73 Å². The van der Waals surface area contributed by atoms with Crippen LogP contribution in [0.1, 0.15) is 21.5 Å². The standard InChI is InChI=1S/C21H14F4N2O/c22-16-9-3-6-13-18-14(20(26)28)7-4-10-17(18)27(19(13)16)11-12-5-1-2-8-15(12)21(23,24)25/h1-10H,11H2,(H2,26,28). The van der Waals surface area contributed by atoms with E-state index >= 15 is 0 Å². The molecule has 0 bridgehead atoms. The van der Waals surface area contributed by atoms with Gasteiger partial charge in [-0.3, -0.25) is 4.79 Å². The third-order valence-corrected chi connectivity index (χ3v) is 4.78. The third kappa shape index (κ3) is 2.79. The average molecular weight is 386 g/mol. The van der Waals surface area contributed by atoms with Crippen LogP contribution in [0, 0.1) is 5.82 Å². The van der Waals surface area contributed by atoms with Gasteiger partial charge in [-0.1, -0.05) is 36.4 Å². The Morgan fingerprint density at radius 1 is 0.964 bits per heavy atom. The van der Waals surface area contributed by atoms with Crippen LogP contribution in [0.5, 0.6) is 0 Å². The minimum Gasteiger partial charge on any atom is -0.366 e. The fourth-order valence-corrected chi connectivity index (χ4v) is 3.63. The van der Waals surface area contributed by atoms with Crippen LogP contribution in [-0.4, -0.2) is 10.5 Å². The Morgan fingerprint density at radius 2 is 1.68 bits per heavy atom. The Balaban J connectivity index is 2.06. The molecule has 3 nitrogen and oxygen atoms in total. The van der Waals surface area contributed by atoms with Gasteiger partial charge in [0, 0.05) is 22.9 Å². The number of rotatable bonds is 3. The molecule has 1 aromatic heterocycles. The van der Waals surface area contributed by atoms with Gasteiger partial charge >= 0.3 is 6.18 Å². The van der Waals surface area contributed by atoms with Crippen LogP contribution in [-0.2, 0) is 12.7 Å². The van der Waals surface area contributed by atoms with E-state index in [-0.39, 0.29) is 23.2 Å². The van der Waals surface area contributed by atoms with Gasteiger partial charge in [0.2, 0.25) is 5.91 Å². The normalized spacial score (nSPS) is 12.0. The van der Waals surface area contributed by atoms with Crippen LogP contribution >= 0.6 is 0 Å². The van der Waals surface area contributed by atoms with Gasteiger partial charge < -0.3 is 10.3 Å². The molecule has 0 aliphatic carbocycles. The summed E-state index contributed by atoms with van der Waals surface area (Å²) >= 11 is 0. The molecule has 0 spiro atoms. The van der Waals surface area contributed by atoms with Crippen molar-refractivity contribution in [1.82, 2.24) is 4.57 Å². The number of hydrogen-bond acceptors (Lipinski definition) is 1. The lowest BCUT2D eigenvalue weighted by atomic mass is 10.1. The van der Waals surface area contributed by atoms with Crippen molar-refractivity contribution in [3.63, 3.8) is 0 Å². The molecule has 28 heavy (non-hydrogen) atoms. The summed E-state index contributed by atoms with van der Waals surface area (Å²) in [4.78, 5) is 11.9. The van der Waals surface area contributed by atoms with Crippen LogP contribution in [0.25, 0.3) is 21.8 Å². The van der Waals surface area contributed by atoms with Crippen LogP contribution in [0.3, 0.4) is 0 Å². The maximum Gasteiger partial charge on any atom is 0.416 e. The summed E-state index contributed by atoms with van der Waals surface area (Å²) in [6.07, 6.45) is -4.54. The van der Waals surface area contributed by atoms with Crippen molar-refractivity contribution in [2.45, 2.75) is 12.7 Å². The minimum atomic E-state index is -4.54. The molecule has 4 rings (SSSR count). The molecule has 0 aliphatic rings. The lowest BCUT2D eigenvalue weighted by Crippen LogP contribution is -2.12. The first kappa shape index (κ1) is 18.0. The number of fused-ring (bicyclic) bond motifs is 3. The molecular formula is C21H14F4N2O. The smallest absolute Gasteiger partial charge is 0.366 e. The predicted octanol–water partition coefficient (Wildman–Crippen LogP) is 5.10. The number of halogens is 4. The highest BCUT2D eigenvalue weighted by atomic mass is 19.4. The molecule has 3 aromatic carbocycles. The van der Waals surface area contributed by atoms with Crippen LogP contribution in [0.2, 0.25) is 0 Å². The molecule has 0 fully saturated rings. The largest absolute Gasteiger partial charge is 0.416 e. The maximum atomic E-state index is 14.7. The molecule has 0 aliphatic heterocycles. The molecule has 0 saturated carbocycles. The molecule has 7 heteroatoms. The summed E-state index contributed by atoms with van der Waals surface area (Å²) in [5, 5.41) is 0.850. The summed E-state index contributed by atoms with van der Waals surface area (Å²) in [7, 11) is 0. The number of amides is 1. The van der Waals surface area contributed by atoms with Gasteiger partial charge in [-0.2, -0.15) is 13.2 Å². The Bertz CT molecular complexity index is 1220. The van der Waals surface area contributed by atoms with Gasteiger partial charge in [-0.05, 0) is 29.8 Å². The molecule has 1 heterocycles. The fraction of sp³-hybridized carbons (Fsp3) is 0.0952. The molecule has 1 amide bonds. The van der Waals surface area contributed by atoms with Crippen molar-refractivity contribution in [2.75, 3.05) is 0 Å². The molecule has 2 N–H and O–H groups in total. The number of nitrogens with zero attached hydrogens (tertiary/aromatic N) is 1. The fourth-order valence-electron chi connectivity index (χ4n) is 3.63. The van der Waals surface area contributed by atoms with E-state index in [1.165, 1.54) is 41.0 Å². The third-order valence-electron chi connectivity index (χ3n) is 4.78. The molecule has 0 radical (unpaired) electrons. The number of nitrogens with two attached hydrogens (primary N) is 1. The number of carbonyl (C=O) groups excluding carboxylic acids is 1. The number of aromatic nitrogens is 1. The number of carbonyl (C=O) groups is 1. The van der Waals surface area contributed by atoms with Gasteiger partial charge in [-0.15, -0.1) is 0 Å². The zero-order valence-corrected chi connectivity index (χ0v) is 14.4. The SMILES string of the molecule is NC(=O)c1cccc2c1c1cccc(F)c1n2Cc1ccccc1C(F)(F)F. The van der Waals surface area contributed by atoms with Gasteiger partial charge in [0.25, 0.3) is 0 Å². The van der Waals surface area contributed by atoms with Crippen molar-refractivity contribution in [3.8, 4) is 0 Å². The lowest BCUT2D eigenvalue weighted by Gasteiger charge is -2.15. The first-order valence-electron chi connectivity index (χ1n) is 8.43. The summed E-state index contributed by atoms with van der Waals surface area (Å²) in [5.41, 5.74) is 5.43. The summed E-state index contributed by atoms with van der Waals surface area (Å²) < 4.78 is 56.4. The van der Waals surface area contributed by atoms with E-state index in [1.807, 2.05) is 0 Å². The van der Waals surface area contributed by atoms with Crippen LogP contribution in [0.4, 0.5) is 17.6 Å². The number of alkyl halides is 3. The number of benzene rings is 3. The average Bonchev–Trinajstić information content (AvgIpc) is 2.96. The van der Waals surface area contributed by atoms with Gasteiger partial charge in [0.1, 0.15) is 5.82 Å². The molecule has 142 valence electrons. The quantitative estimate of drug-likeness (QED) is 0.490. The number of para-hydroxylation sites is 1. The minimum absolute atomic E-state index is 0.00142. The maximum absolute atomic E-state index is 14.7. The number of primary amides is 1. The molecule has 0 unspecified atom stereocenters. The van der Waals surface area contributed by atoms with Gasteiger partial charge in [0.15, 0.2) is 0 Å². The van der Waals surface area contributed by atoms with E-state index in [1.54, 1.807) is 18.2 Å². The van der Waals surface area contributed by atoms with Crippen LogP contribution in [0.15, 0.2) is 60.7 Å². The highest BCUT2D eigenvalue weighted by Gasteiger charge is 2.33. The van der Waals surface area contributed by atoms with Crippen molar-refractivity contribution in [3.05, 3.63) is 83.2 Å². The Kier molecular flexibility index (Phi) is 4.10. The Morgan fingerprint density at radius 3 is 2.39 bits per heavy atom. The van der Waals surface area contributed by atoms with E-state index < -0.39 is 23.5 Å². The lowest BCUT2D eigenvalue weighted by molar-refractivity contribution is -0.138. The molecular weight excluding hydrogens is 372 g/mol. The number of hydrogen-bond donors (Lipinski definition) is 1. The molecule has 4 aromatic rings. The second-order valence-electron chi connectivity index (χ2n) is 6.44. The second kappa shape index (κ2) is 6.37. The van der Waals surface area contributed by atoms with E-state index in [0.717, 1.165) is 6.07 Å². The summed E-state index contributed by atoms with van der Waals surface area (Å²) in [5.74, 6) is -1.28. The van der Waals surface area contributed by atoms with E-state index in [2.05, 4.69) is 0 Å². The van der Waals surface area contributed by atoms with Crippen LogP contribution < -0.4 is 5.73 Å². The highest BCUT2D eigenvalue weighted by Crippen LogP contribution is 2.36. The predicted molar refractivity (Wildman–Crippen MR) is 98.5 cm³/mol. The van der Waals surface area contributed by atoms with E-state index in [9.17, 15) is 22.4 Å². The van der Waals surface area contributed by atoms with Crippen molar-refractivity contribution in [1.29, 1.82) is 0 Å². The molecule has 0 atom stereocenters. The second-order valence-corrected chi connectivity index (χ2v) is 6.44. The first-order valence-corrected chi connectivity index (χ1v) is 8.43. The van der Waals surface area contributed by atoms with E-state index in [0.29, 0.717) is 16.3 Å². The summed E-state index contributed by atoms with van der Waals surface area (Å²) in [6, 6.07) is 14.2. The zero-order valence-electron chi connectivity index (χ0n) is 14.4. The zero-order chi connectivity index (χ0) is 20.1. The Labute approximate surface area is 157 Å². The van der Waals surface area contributed by atoms with Crippen molar-refractivity contribution >= 4 is 27.7 Å². The first-order chi connectivity index (χ1) is 13.3. The topological polar surface area (TPSA) is 48.0 Å². The van der Waals surface area contributed by atoms with Crippen molar-refractivity contribution < 1.29 is 22.4 Å². The molecule has 0 saturated heterocycles. The monoisotopic (exact) mass is 386 g/mol. The summed E-state index contributed by atoms with van der Waals surface area (Å²) in [6.45, 7) is -0.209. The van der Waals surface area contributed by atoms with Gasteiger partial charge in [-0.25, -0.2) is 4.39 Å². The van der Waals surface area contributed by atoms with Gasteiger partial charge in [0.05, 0.1) is 16.6 Å². The highest BCUT2D eigenvalue weighted by molar-refractivity contribution is 6.17. The Hall–Kier alpha value is -3.35. The van der Waals surface area contributed by atoms with E-state index in [4.69, 9.17) is 5.73 Å².